The second kappa shape index (κ2) is 7.92. The first-order valence-electron chi connectivity index (χ1n) is 9.06. The quantitative estimate of drug-likeness (QED) is 0.680. The Labute approximate surface area is 171 Å². The molecule has 8 nitrogen and oxygen atoms in total. The third kappa shape index (κ3) is 4.07. The average Bonchev–Trinajstić information content (AvgIpc) is 2.70. The highest BCUT2D eigenvalue weighted by Gasteiger charge is 2.19. The summed E-state index contributed by atoms with van der Waals surface area (Å²) < 4.78 is 1.26. The number of nitrogens with zero attached hydrogens (tertiary/aromatic N) is 3. The van der Waals surface area contributed by atoms with Crippen LogP contribution in [0.15, 0.2) is 53.6 Å². The number of amides is 2. The van der Waals surface area contributed by atoms with Crippen molar-refractivity contribution in [2.45, 2.75) is 6.54 Å². The molecule has 29 heavy (non-hydrogen) atoms. The lowest BCUT2D eigenvalue weighted by Gasteiger charge is -2.29. The zero-order chi connectivity index (χ0) is 20.4. The van der Waals surface area contributed by atoms with Gasteiger partial charge in [0.25, 0.3) is 5.56 Å². The molecule has 1 saturated heterocycles. The summed E-state index contributed by atoms with van der Waals surface area (Å²) in [6, 6.07) is 12.1. The highest BCUT2D eigenvalue weighted by molar-refractivity contribution is 6.33. The van der Waals surface area contributed by atoms with Crippen molar-refractivity contribution in [2.75, 3.05) is 29.9 Å². The number of piperazine rings is 1. The van der Waals surface area contributed by atoms with Gasteiger partial charge < -0.3 is 15.5 Å². The first kappa shape index (κ1) is 18.9. The molecule has 0 saturated carbocycles. The predicted octanol–water partition coefficient (Wildman–Crippen LogP) is 1.62. The third-order valence-corrected chi connectivity index (χ3v) is 4.96. The Kier molecular flexibility index (Phi) is 5.18. The van der Waals surface area contributed by atoms with E-state index in [9.17, 15) is 14.4 Å². The van der Waals surface area contributed by atoms with Gasteiger partial charge in [0.1, 0.15) is 6.54 Å². The Morgan fingerprint density at radius 3 is 2.83 bits per heavy atom. The summed E-state index contributed by atoms with van der Waals surface area (Å²) in [5.41, 5.74) is 1.55. The molecule has 0 atom stereocenters. The second-order valence-electron chi connectivity index (χ2n) is 6.68. The van der Waals surface area contributed by atoms with Gasteiger partial charge in [-0.1, -0.05) is 23.7 Å². The zero-order valence-corrected chi connectivity index (χ0v) is 16.1. The fraction of sp³-hybridized carbons (Fsp3) is 0.200. The van der Waals surface area contributed by atoms with Gasteiger partial charge in [0.2, 0.25) is 11.8 Å². The summed E-state index contributed by atoms with van der Waals surface area (Å²) in [5, 5.41) is 6.39. The van der Waals surface area contributed by atoms with Crippen molar-refractivity contribution in [3.05, 3.63) is 64.2 Å². The summed E-state index contributed by atoms with van der Waals surface area (Å²) in [5.74, 6) is -0.426. The lowest BCUT2D eigenvalue weighted by molar-refractivity contribution is -0.120. The summed E-state index contributed by atoms with van der Waals surface area (Å²) in [6.45, 7) is 1.29. The standard InChI is InChI=1S/C20H18ClN5O3/c21-15-9-13(5-6-17(15)25-8-7-22-18(27)10-25)24-19(28)11-26-12-23-16-4-2-1-3-14(16)20(26)29/h1-6,9,12H,7-8,10-11H2,(H,22,27)(H,24,28). The van der Waals surface area contributed by atoms with Crippen LogP contribution in [0.4, 0.5) is 11.4 Å². The number of anilines is 2. The Morgan fingerprint density at radius 2 is 2.03 bits per heavy atom. The summed E-state index contributed by atoms with van der Waals surface area (Å²) in [6.07, 6.45) is 1.36. The number of hydrogen-bond acceptors (Lipinski definition) is 5. The van der Waals surface area contributed by atoms with Gasteiger partial charge >= 0.3 is 0 Å². The molecule has 0 unspecified atom stereocenters. The van der Waals surface area contributed by atoms with E-state index in [0.717, 1.165) is 5.69 Å². The molecule has 4 rings (SSSR count). The van der Waals surface area contributed by atoms with Crippen LogP contribution >= 0.6 is 11.6 Å². The molecule has 1 fully saturated rings. The number of benzene rings is 2. The number of carbonyl (C=O) groups excluding carboxylic acids is 2. The van der Waals surface area contributed by atoms with Crippen LogP contribution in [0.5, 0.6) is 0 Å². The van der Waals surface area contributed by atoms with Crippen LogP contribution in [0.2, 0.25) is 5.02 Å². The minimum absolute atomic E-state index is 0.0564. The zero-order valence-electron chi connectivity index (χ0n) is 15.4. The van der Waals surface area contributed by atoms with Gasteiger partial charge in [0.05, 0.1) is 34.5 Å². The molecule has 2 amide bonds. The second-order valence-corrected chi connectivity index (χ2v) is 7.09. The Morgan fingerprint density at radius 1 is 1.21 bits per heavy atom. The van der Waals surface area contributed by atoms with Gasteiger partial charge in [-0.25, -0.2) is 4.98 Å². The molecular weight excluding hydrogens is 394 g/mol. The van der Waals surface area contributed by atoms with Crippen LogP contribution in [0.3, 0.4) is 0 Å². The van der Waals surface area contributed by atoms with E-state index >= 15 is 0 Å². The summed E-state index contributed by atoms with van der Waals surface area (Å²) >= 11 is 6.35. The highest BCUT2D eigenvalue weighted by atomic mass is 35.5. The molecule has 0 spiro atoms. The number of para-hydroxylation sites is 1. The van der Waals surface area contributed by atoms with Crippen LogP contribution in [0.25, 0.3) is 10.9 Å². The first-order chi connectivity index (χ1) is 14.0. The van der Waals surface area contributed by atoms with E-state index in [2.05, 4.69) is 15.6 Å². The smallest absolute Gasteiger partial charge is 0.261 e. The van der Waals surface area contributed by atoms with E-state index < -0.39 is 0 Å². The summed E-state index contributed by atoms with van der Waals surface area (Å²) in [7, 11) is 0. The van der Waals surface area contributed by atoms with Gasteiger partial charge in [-0.05, 0) is 30.3 Å². The molecule has 9 heteroatoms. The maximum Gasteiger partial charge on any atom is 0.261 e. The number of carbonyl (C=O) groups is 2. The molecule has 148 valence electrons. The number of nitrogens with one attached hydrogen (secondary N) is 2. The Balaban J connectivity index is 1.47. The molecule has 2 N–H and O–H groups in total. The highest BCUT2D eigenvalue weighted by Crippen LogP contribution is 2.29. The van der Waals surface area contributed by atoms with Crippen LogP contribution in [-0.2, 0) is 16.1 Å². The van der Waals surface area contributed by atoms with Crippen LogP contribution in [0, 0.1) is 0 Å². The van der Waals surface area contributed by atoms with Crippen molar-refractivity contribution in [3.63, 3.8) is 0 Å². The molecule has 1 aliphatic heterocycles. The van der Waals surface area contributed by atoms with Crippen molar-refractivity contribution >= 4 is 45.7 Å². The van der Waals surface area contributed by atoms with E-state index in [1.54, 1.807) is 42.5 Å². The minimum Gasteiger partial charge on any atom is -0.359 e. The largest absolute Gasteiger partial charge is 0.359 e. The van der Waals surface area contributed by atoms with E-state index in [4.69, 9.17) is 11.6 Å². The average molecular weight is 412 g/mol. The van der Waals surface area contributed by atoms with Crippen molar-refractivity contribution in [1.82, 2.24) is 14.9 Å². The van der Waals surface area contributed by atoms with Crippen molar-refractivity contribution < 1.29 is 9.59 Å². The normalized spacial score (nSPS) is 14.0. The molecule has 2 heterocycles. The van der Waals surface area contributed by atoms with Crippen LogP contribution < -0.4 is 21.1 Å². The van der Waals surface area contributed by atoms with E-state index in [-0.39, 0.29) is 30.5 Å². The molecule has 0 radical (unpaired) electrons. The molecule has 1 aliphatic rings. The third-order valence-electron chi connectivity index (χ3n) is 4.66. The number of fused-ring (bicyclic) bond motifs is 1. The van der Waals surface area contributed by atoms with Crippen molar-refractivity contribution in [1.29, 1.82) is 0 Å². The van der Waals surface area contributed by atoms with Crippen LogP contribution in [0.1, 0.15) is 0 Å². The van der Waals surface area contributed by atoms with Gasteiger partial charge in [-0.2, -0.15) is 0 Å². The van der Waals surface area contributed by atoms with E-state index in [0.29, 0.717) is 34.7 Å². The Bertz CT molecular complexity index is 1160. The maximum atomic E-state index is 12.5. The lowest BCUT2D eigenvalue weighted by Crippen LogP contribution is -2.47. The molecule has 1 aromatic heterocycles. The van der Waals surface area contributed by atoms with Crippen molar-refractivity contribution in [3.8, 4) is 0 Å². The monoisotopic (exact) mass is 411 g/mol. The van der Waals surface area contributed by atoms with E-state index in [1.165, 1.54) is 10.9 Å². The lowest BCUT2D eigenvalue weighted by atomic mass is 10.2. The molecule has 2 aromatic carbocycles. The first-order valence-corrected chi connectivity index (χ1v) is 9.44. The van der Waals surface area contributed by atoms with Crippen molar-refractivity contribution in [2.24, 2.45) is 0 Å². The fourth-order valence-electron chi connectivity index (χ4n) is 3.26. The predicted molar refractivity (Wildman–Crippen MR) is 111 cm³/mol. The number of hydrogen-bond donors (Lipinski definition) is 2. The molecule has 3 aromatic rings. The van der Waals surface area contributed by atoms with Gasteiger partial charge in [-0.15, -0.1) is 0 Å². The number of aromatic nitrogens is 2. The molecule has 0 bridgehead atoms. The van der Waals surface area contributed by atoms with Gasteiger partial charge in [-0.3, -0.25) is 19.0 Å². The van der Waals surface area contributed by atoms with Crippen LogP contribution in [-0.4, -0.2) is 41.0 Å². The summed E-state index contributed by atoms with van der Waals surface area (Å²) in [4.78, 5) is 42.6. The SMILES string of the molecule is O=C1CN(c2ccc(NC(=O)Cn3cnc4ccccc4c3=O)cc2Cl)CCN1. The maximum absolute atomic E-state index is 12.5. The minimum atomic E-state index is -0.370. The van der Waals surface area contributed by atoms with E-state index in [1.807, 2.05) is 4.90 Å². The van der Waals surface area contributed by atoms with Gasteiger partial charge in [0.15, 0.2) is 0 Å². The number of halogens is 1. The number of rotatable bonds is 4. The molecular formula is C20H18ClN5O3. The fourth-order valence-corrected chi connectivity index (χ4v) is 3.56. The Hall–Kier alpha value is -3.39. The topological polar surface area (TPSA) is 96.3 Å². The van der Waals surface area contributed by atoms with Gasteiger partial charge in [0, 0.05) is 18.8 Å². The molecule has 0 aliphatic carbocycles.